The average molecular weight is 651 g/mol. The number of carbonyl (C=O) groups is 3. The molecule has 0 radical (unpaired) electrons. The minimum atomic E-state index is -0.124. The molecule has 0 heterocycles. The van der Waals surface area contributed by atoms with E-state index in [0.29, 0.717) is 31.1 Å². The topological polar surface area (TPSA) is 66.9 Å². The number of unbranched alkanes of at least 4 members (excludes halogenated alkanes) is 16. The molecule has 0 N–H and O–H groups in total. The summed E-state index contributed by atoms with van der Waals surface area (Å²) in [7, 11) is 4.17. The number of Topliss-reactive ketones (excluding diaryl/α,β-unsaturated/α-hetero) is 1. The van der Waals surface area contributed by atoms with E-state index in [1.807, 2.05) is 19.1 Å². The first-order valence-electron chi connectivity index (χ1n) is 18.3. The minimum absolute atomic E-state index is 0.124. The first-order chi connectivity index (χ1) is 21.9. The van der Waals surface area contributed by atoms with Crippen molar-refractivity contribution in [3.05, 3.63) is 24.3 Å². The van der Waals surface area contributed by atoms with E-state index in [4.69, 9.17) is 4.74 Å². The molecule has 262 valence electrons. The van der Waals surface area contributed by atoms with Gasteiger partial charge in [-0.05, 0) is 66.0 Å². The summed E-state index contributed by atoms with van der Waals surface area (Å²) in [4.78, 5) is 39.8. The molecule has 0 aliphatic heterocycles. The lowest BCUT2D eigenvalue weighted by Gasteiger charge is -2.23. The van der Waals surface area contributed by atoms with Crippen molar-refractivity contribution >= 4 is 29.4 Å². The van der Waals surface area contributed by atoms with Crippen LogP contribution in [0.25, 0.3) is 0 Å². The molecule has 0 aliphatic carbocycles. The molecule has 0 atom stereocenters. The summed E-state index contributed by atoms with van der Waals surface area (Å²) in [5, 5.41) is 0. The number of thioether (sulfide) groups is 1. The summed E-state index contributed by atoms with van der Waals surface area (Å²) in [5.74, 6) is 2.04. The summed E-state index contributed by atoms with van der Waals surface area (Å²) in [6.07, 6.45) is 32.0. The molecule has 0 spiro atoms. The number of hydrogen-bond donors (Lipinski definition) is 0. The van der Waals surface area contributed by atoms with E-state index in [-0.39, 0.29) is 11.8 Å². The van der Waals surface area contributed by atoms with Gasteiger partial charge in [-0.3, -0.25) is 14.4 Å². The fraction of sp³-hybridized carbons (Fsp3) is 0.816. The molecule has 0 aromatic carbocycles. The monoisotopic (exact) mass is 651 g/mol. The van der Waals surface area contributed by atoms with E-state index >= 15 is 0 Å². The largest absolute Gasteiger partial charge is 0.465 e. The van der Waals surface area contributed by atoms with E-state index in [1.54, 1.807) is 18.7 Å². The molecule has 0 bridgehead atoms. The van der Waals surface area contributed by atoms with Crippen LogP contribution in [0.15, 0.2) is 24.3 Å². The average Bonchev–Trinajstić information content (AvgIpc) is 3.01. The number of esters is 1. The zero-order valence-corrected chi connectivity index (χ0v) is 30.7. The Morgan fingerprint density at radius 2 is 1.09 bits per heavy atom. The van der Waals surface area contributed by atoms with Crippen molar-refractivity contribution in [3.63, 3.8) is 0 Å². The van der Waals surface area contributed by atoms with Gasteiger partial charge >= 0.3 is 5.97 Å². The van der Waals surface area contributed by atoms with Crippen molar-refractivity contribution in [2.45, 2.75) is 149 Å². The quantitative estimate of drug-likeness (QED) is 0.0400. The molecule has 0 unspecified atom stereocenters. The van der Waals surface area contributed by atoms with Gasteiger partial charge < -0.3 is 14.5 Å². The third kappa shape index (κ3) is 33.6. The molecular formula is C38H70N2O4S. The molecule has 0 saturated carbocycles. The van der Waals surface area contributed by atoms with Gasteiger partial charge in [0.2, 0.25) is 5.91 Å². The van der Waals surface area contributed by atoms with Crippen LogP contribution in [-0.4, -0.2) is 79.3 Å². The smallest absolute Gasteiger partial charge is 0.309 e. The van der Waals surface area contributed by atoms with Gasteiger partial charge in [0.15, 0.2) is 0 Å². The molecule has 0 fully saturated rings. The lowest BCUT2D eigenvalue weighted by molar-refractivity contribution is -0.142. The standard InChI is InChI=1S/C38H70N2O4S/c1-5-33-44-38(43)29-25-21-17-13-9-7-11-15-19-23-27-31-40(37(42)35-45-34-32-39(3)4)30-26-22-18-14-10-6-8-12-16-20-24-28-36(2)41/h20-21,24-25H,5-19,22-23,26-35H2,1-4H3/b24-20-,25-21-. The second-order valence-corrected chi connectivity index (χ2v) is 13.8. The highest BCUT2D eigenvalue weighted by Crippen LogP contribution is 2.14. The second-order valence-electron chi connectivity index (χ2n) is 12.7. The van der Waals surface area contributed by atoms with Crippen LogP contribution in [0.2, 0.25) is 0 Å². The fourth-order valence-corrected chi connectivity index (χ4v) is 6.05. The van der Waals surface area contributed by atoms with Gasteiger partial charge in [-0.2, -0.15) is 11.8 Å². The third-order valence-electron chi connectivity index (χ3n) is 7.85. The summed E-state index contributed by atoms with van der Waals surface area (Å²) in [6, 6.07) is 0. The van der Waals surface area contributed by atoms with E-state index in [1.165, 1.54) is 89.9 Å². The normalized spacial score (nSPS) is 11.7. The Morgan fingerprint density at radius 3 is 1.56 bits per heavy atom. The summed E-state index contributed by atoms with van der Waals surface area (Å²) in [5.41, 5.74) is 0. The summed E-state index contributed by atoms with van der Waals surface area (Å²) in [6.45, 7) is 7.00. The van der Waals surface area contributed by atoms with Crippen LogP contribution >= 0.6 is 11.8 Å². The van der Waals surface area contributed by atoms with Crippen molar-refractivity contribution in [2.24, 2.45) is 0 Å². The van der Waals surface area contributed by atoms with Gasteiger partial charge in [0.05, 0.1) is 18.8 Å². The maximum absolute atomic E-state index is 13.0. The Kier molecular flexibility index (Phi) is 32.6. The number of carbonyl (C=O) groups excluding carboxylic acids is 3. The van der Waals surface area contributed by atoms with Gasteiger partial charge in [0.1, 0.15) is 5.78 Å². The minimum Gasteiger partial charge on any atom is -0.465 e. The van der Waals surface area contributed by atoms with E-state index in [2.05, 4.69) is 36.0 Å². The van der Waals surface area contributed by atoms with Crippen molar-refractivity contribution in [2.75, 3.05) is 51.8 Å². The van der Waals surface area contributed by atoms with Crippen LogP contribution < -0.4 is 0 Å². The summed E-state index contributed by atoms with van der Waals surface area (Å²) < 4.78 is 5.08. The van der Waals surface area contributed by atoms with Crippen molar-refractivity contribution in [3.8, 4) is 0 Å². The fourth-order valence-electron chi connectivity index (χ4n) is 5.05. The Hall–Kier alpha value is -1.60. The molecular weight excluding hydrogens is 580 g/mol. The van der Waals surface area contributed by atoms with Crippen LogP contribution in [0.4, 0.5) is 0 Å². The molecule has 1 amide bonds. The van der Waals surface area contributed by atoms with E-state index < -0.39 is 0 Å². The third-order valence-corrected chi connectivity index (χ3v) is 8.77. The molecule has 0 aromatic rings. The summed E-state index contributed by atoms with van der Waals surface area (Å²) >= 11 is 1.77. The van der Waals surface area contributed by atoms with Gasteiger partial charge in [0, 0.05) is 31.8 Å². The Balaban J connectivity index is 4.01. The highest BCUT2D eigenvalue weighted by atomic mass is 32.2. The van der Waals surface area contributed by atoms with Gasteiger partial charge in [-0.15, -0.1) is 0 Å². The second kappa shape index (κ2) is 33.8. The van der Waals surface area contributed by atoms with Crippen molar-refractivity contribution in [1.29, 1.82) is 0 Å². The van der Waals surface area contributed by atoms with Crippen molar-refractivity contribution < 1.29 is 19.1 Å². The van der Waals surface area contributed by atoms with Crippen LogP contribution in [0.1, 0.15) is 149 Å². The zero-order valence-electron chi connectivity index (χ0n) is 29.8. The Morgan fingerprint density at radius 1 is 0.622 bits per heavy atom. The predicted octanol–water partition coefficient (Wildman–Crippen LogP) is 9.57. The molecule has 7 heteroatoms. The first kappa shape index (κ1) is 43.4. The highest BCUT2D eigenvalue weighted by molar-refractivity contribution is 7.99. The number of hydrogen-bond acceptors (Lipinski definition) is 6. The van der Waals surface area contributed by atoms with Gasteiger partial charge in [0.25, 0.3) is 0 Å². The van der Waals surface area contributed by atoms with E-state index in [9.17, 15) is 14.4 Å². The van der Waals surface area contributed by atoms with Crippen LogP contribution in [0.3, 0.4) is 0 Å². The highest BCUT2D eigenvalue weighted by Gasteiger charge is 2.13. The number of nitrogens with zero attached hydrogens (tertiary/aromatic N) is 2. The van der Waals surface area contributed by atoms with Crippen molar-refractivity contribution in [1.82, 2.24) is 9.80 Å². The van der Waals surface area contributed by atoms with E-state index in [0.717, 1.165) is 57.5 Å². The maximum atomic E-state index is 13.0. The lowest BCUT2D eigenvalue weighted by Crippen LogP contribution is -2.34. The number of rotatable bonds is 33. The Bertz CT molecular complexity index is 769. The Labute approximate surface area is 282 Å². The van der Waals surface area contributed by atoms with Crippen LogP contribution in [0, 0.1) is 0 Å². The zero-order chi connectivity index (χ0) is 33.2. The number of allylic oxidation sites excluding steroid dienone is 3. The first-order valence-corrected chi connectivity index (χ1v) is 19.5. The number of ketones is 1. The maximum Gasteiger partial charge on any atom is 0.309 e. The number of amides is 1. The molecule has 45 heavy (non-hydrogen) atoms. The van der Waals surface area contributed by atoms with Gasteiger partial charge in [-0.25, -0.2) is 0 Å². The van der Waals surface area contributed by atoms with Gasteiger partial charge in [-0.1, -0.05) is 108 Å². The molecule has 0 aliphatic rings. The van der Waals surface area contributed by atoms with Crippen LogP contribution in [-0.2, 0) is 19.1 Å². The molecule has 0 saturated heterocycles. The number of ether oxygens (including phenoxy) is 1. The van der Waals surface area contributed by atoms with Crippen LogP contribution in [0.5, 0.6) is 0 Å². The lowest BCUT2D eigenvalue weighted by atomic mass is 10.1. The SMILES string of the molecule is CCCOC(=O)C/C=C\CCCCCCCCCCN(CCCCCCCCCC/C=C\CC(C)=O)C(=O)CSCCN(C)C. The molecule has 0 rings (SSSR count). The molecule has 6 nitrogen and oxygen atoms in total. The molecule has 0 aromatic heterocycles. The predicted molar refractivity (Wildman–Crippen MR) is 195 cm³/mol.